The Balaban J connectivity index is 1.80. The lowest BCUT2D eigenvalue weighted by Crippen LogP contribution is -2.43. The van der Waals surface area contributed by atoms with E-state index in [0.717, 1.165) is 32.2 Å². The van der Waals surface area contributed by atoms with Crippen LogP contribution in [0.2, 0.25) is 0 Å². The van der Waals surface area contributed by atoms with Gasteiger partial charge in [-0.2, -0.15) is 0 Å². The molecule has 1 saturated carbocycles. The molecule has 5 heteroatoms. The van der Waals surface area contributed by atoms with Crippen LogP contribution in [0.25, 0.3) is 0 Å². The number of pyridine rings is 1. The molecule has 2 aliphatic rings. The zero-order chi connectivity index (χ0) is 18.7. The molecule has 0 N–H and O–H groups in total. The second-order valence-corrected chi connectivity index (χ2v) is 8.73. The molecule has 1 atom stereocenters. The Morgan fingerprint density at radius 2 is 1.85 bits per heavy atom. The highest BCUT2D eigenvalue weighted by molar-refractivity contribution is 5.87. The van der Waals surface area contributed by atoms with E-state index in [1.165, 1.54) is 24.8 Å². The zero-order valence-electron chi connectivity index (χ0n) is 16.7. The smallest absolute Gasteiger partial charge is 0.416 e. The number of carbonyl (C=O) groups is 1. The van der Waals surface area contributed by atoms with Crippen LogP contribution in [0, 0.1) is 0 Å². The predicted octanol–water partition coefficient (Wildman–Crippen LogP) is 4.92. The van der Waals surface area contributed by atoms with Crippen LogP contribution >= 0.6 is 0 Å². The van der Waals surface area contributed by atoms with Gasteiger partial charge >= 0.3 is 6.09 Å². The van der Waals surface area contributed by atoms with Crippen molar-refractivity contribution in [3.63, 3.8) is 0 Å². The summed E-state index contributed by atoms with van der Waals surface area (Å²) >= 11 is 0. The normalized spacial score (nSPS) is 22.4. The Labute approximate surface area is 157 Å². The summed E-state index contributed by atoms with van der Waals surface area (Å²) in [5, 5.41) is 0. The number of rotatable bonds is 3. The minimum Gasteiger partial charge on any atom is -0.443 e. The highest BCUT2D eigenvalue weighted by Gasteiger charge is 2.32. The number of carbonyl (C=O) groups excluding carboxylic acids is 1. The summed E-state index contributed by atoms with van der Waals surface area (Å²) in [6.07, 6.45) is 9.75. The van der Waals surface area contributed by atoms with Crippen molar-refractivity contribution in [2.75, 3.05) is 18.5 Å². The molecule has 144 valence electrons. The molecule has 1 aliphatic heterocycles. The largest absolute Gasteiger partial charge is 0.443 e. The fourth-order valence-corrected chi connectivity index (χ4v) is 4.14. The van der Waals surface area contributed by atoms with Crippen LogP contribution in [0.5, 0.6) is 0 Å². The molecule has 0 unspecified atom stereocenters. The van der Waals surface area contributed by atoms with E-state index in [0.29, 0.717) is 11.9 Å². The lowest BCUT2D eigenvalue weighted by Gasteiger charge is -2.33. The summed E-state index contributed by atoms with van der Waals surface area (Å²) in [5.74, 6) is 0.716. The van der Waals surface area contributed by atoms with Crippen LogP contribution in [0.1, 0.15) is 77.3 Å². The Bertz CT molecular complexity index is 603. The van der Waals surface area contributed by atoms with Crippen LogP contribution in [-0.2, 0) is 4.74 Å². The van der Waals surface area contributed by atoms with Crippen molar-refractivity contribution in [1.29, 1.82) is 0 Å². The SMILES string of the molecule is CN1CCCC[C@@H]1c1ccc(N(C(=O)OC(C)(C)C)C2CCCC2)nc1. The first kappa shape index (κ1) is 19.2. The number of ether oxygens (including phenoxy) is 1. The Hall–Kier alpha value is -1.62. The van der Waals surface area contributed by atoms with Crippen molar-refractivity contribution >= 4 is 11.9 Å². The van der Waals surface area contributed by atoms with E-state index < -0.39 is 5.60 Å². The number of aromatic nitrogens is 1. The van der Waals surface area contributed by atoms with E-state index in [1.54, 1.807) is 4.90 Å². The molecule has 1 aliphatic carbocycles. The van der Waals surface area contributed by atoms with Gasteiger partial charge in [0.05, 0.1) is 0 Å². The molecule has 1 amide bonds. The molecule has 2 heterocycles. The van der Waals surface area contributed by atoms with E-state index in [2.05, 4.69) is 23.0 Å². The zero-order valence-corrected chi connectivity index (χ0v) is 16.7. The van der Waals surface area contributed by atoms with Gasteiger partial charge in [-0.25, -0.2) is 9.78 Å². The molecular weight excluding hydrogens is 326 g/mol. The number of likely N-dealkylation sites (tertiary alicyclic amines) is 1. The van der Waals surface area contributed by atoms with E-state index in [4.69, 9.17) is 4.74 Å². The van der Waals surface area contributed by atoms with Gasteiger partial charge < -0.3 is 4.74 Å². The molecule has 3 rings (SSSR count). The summed E-state index contributed by atoms with van der Waals surface area (Å²) in [4.78, 5) is 21.7. The molecule has 1 saturated heterocycles. The minimum atomic E-state index is -0.501. The molecule has 0 bridgehead atoms. The van der Waals surface area contributed by atoms with Gasteiger partial charge in [0.25, 0.3) is 0 Å². The van der Waals surface area contributed by atoms with Crippen molar-refractivity contribution < 1.29 is 9.53 Å². The fourth-order valence-electron chi connectivity index (χ4n) is 4.14. The maximum Gasteiger partial charge on any atom is 0.416 e. The van der Waals surface area contributed by atoms with Gasteiger partial charge in [-0.05, 0) is 71.7 Å². The second-order valence-electron chi connectivity index (χ2n) is 8.73. The first-order valence-corrected chi connectivity index (χ1v) is 10.0. The Morgan fingerprint density at radius 3 is 2.42 bits per heavy atom. The first-order chi connectivity index (χ1) is 12.3. The lowest BCUT2D eigenvalue weighted by molar-refractivity contribution is 0.0564. The summed E-state index contributed by atoms with van der Waals surface area (Å²) in [5.41, 5.74) is 0.741. The molecule has 0 aromatic carbocycles. The van der Waals surface area contributed by atoms with Gasteiger partial charge in [-0.15, -0.1) is 0 Å². The number of hydrogen-bond acceptors (Lipinski definition) is 4. The van der Waals surface area contributed by atoms with Gasteiger partial charge in [0, 0.05) is 18.3 Å². The number of anilines is 1. The molecule has 5 nitrogen and oxygen atoms in total. The topological polar surface area (TPSA) is 45.7 Å². The van der Waals surface area contributed by atoms with Gasteiger partial charge in [0.15, 0.2) is 0 Å². The summed E-state index contributed by atoms with van der Waals surface area (Å²) < 4.78 is 5.67. The van der Waals surface area contributed by atoms with E-state index in [9.17, 15) is 4.79 Å². The van der Waals surface area contributed by atoms with Gasteiger partial charge in [-0.1, -0.05) is 25.3 Å². The van der Waals surface area contributed by atoms with Crippen LogP contribution in [0.4, 0.5) is 10.6 Å². The number of hydrogen-bond donors (Lipinski definition) is 0. The van der Waals surface area contributed by atoms with E-state index in [1.807, 2.05) is 33.0 Å². The van der Waals surface area contributed by atoms with Crippen LogP contribution in [0.15, 0.2) is 18.3 Å². The van der Waals surface area contributed by atoms with Crippen molar-refractivity contribution in [1.82, 2.24) is 9.88 Å². The summed E-state index contributed by atoms with van der Waals surface area (Å²) in [7, 11) is 2.18. The van der Waals surface area contributed by atoms with Crippen molar-refractivity contribution in [3.05, 3.63) is 23.9 Å². The third kappa shape index (κ3) is 4.56. The predicted molar refractivity (Wildman–Crippen MR) is 104 cm³/mol. The third-order valence-electron chi connectivity index (χ3n) is 5.45. The fraction of sp³-hybridized carbons (Fsp3) is 0.714. The molecule has 1 aromatic rings. The molecule has 2 fully saturated rings. The average molecular weight is 360 g/mol. The second kappa shape index (κ2) is 7.95. The Morgan fingerprint density at radius 1 is 1.15 bits per heavy atom. The highest BCUT2D eigenvalue weighted by Crippen LogP contribution is 2.32. The van der Waals surface area contributed by atoms with Gasteiger partial charge in [0.1, 0.15) is 11.4 Å². The first-order valence-electron chi connectivity index (χ1n) is 10.0. The molecule has 0 radical (unpaired) electrons. The number of piperidine rings is 1. The maximum atomic E-state index is 12.8. The van der Waals surface area contributed by atoms with Crippen molar-refractivity contribution in [2.45, 2.75) is 83.4 Å². The van der Waals surface area contributed by atoms with Crippen LogP contribution in [0.3, 0.4) is 0 Å². The quantitative estimate of drug-likeness (QED) is 0.768. The standard InChI is InChI=1S/C21H33N3O2/c1-21(2,3)26-20(25)24(17-9-5-6-10-17)19-13-12-16(15-22-19)18-11-7-8-14-23(18)4/h12-13,15,17-18H,5-11,14H2,1-4H3/t18-/m1/s1. The van der Waals surface area contributed by atoms with Gasteiger partial charge in [-0.3, -0.25) is 9.80 Å². The monoisotopic (exact) mass is 359 g/mol. The van der Waals surface area contributed by atoms with Gasteiger partial charge in [0.2, 0.25) is 0 Å². The third-order valence-corrected chi connectivity index (χ3v) is 5.45. The van der Waals surface area contributed by atoms with Crippen LogP contribution in [-0.4, -0.2) is 41.2 Å². The number of amides is 1. The molecule has 0 spiro atoms. The van der Waals surface area contributed by atoms with Crippen molar-refractivity contribution in [2.24, 2.45) is 0 Å². The maximum absolute atomic E-state index is 12.8. The van der Waals surface area contributed by atoms with Crippen LogP contribution < -0.4 is 4.90 Å². The van der Waals surface area contributed by atoms with E-state index >= 15 is 0 Å². The average Bonchev–Trinajstić information content (AvgIpc) is 3.09. The molecule has 26 heavy (non-hydrogen) atoms. The minimum absolute atomic E-state index is 0.195. The Kier molecular flexibility index (Phi) is 5.86. The van der Waals surface area contributed by atoms with Crippen molar-refractivity contribution in [3.8, 4) is 0 Å². The van der Waals surface area contributed by atoms with E-state index in [-0.39, 0.29) is 12.1 Å². The summed E-state index contributed by atoms with van der Waals surface area (Å²) in [6, 6.07) is 4.77. The molecular formula is C21H33N3O2. The molecule has 1 aromatic heterocycles. The summed E-state index contributed by atoms with van der Waals surface area (Å²) in [6.45, 7) is 6.87. The lowest BCUT2D eigenvalue weighted by atomic mass is 9.97. The highest BCUT2D eigenvalue weighted by atomic mass is 16.6. The number of nitrogens with zero attached hydrogens (tertiary/aromatic N) is 3.